The lowest BCUT2D eigenvalue weighted by atomic mass is 10.1. The van der Waals surface area contributed by atoms with Gasteiger partial charge in [0.15, 0.2) is 9.84 Å². The number of sulfone groups is 1. The summed E-state index contributed by atoms with van der Waals surface area (Å²) in [6.07, 6.45) is 4.55. The van der Waals surface area contributed by atoms with Crippen molar-refractivity contribution in [3.8, 4) is 0 Å². The van der Waals surface area contributed by atoms with Crippen LogP contribution in [0.25, 0.3) is 0 Å². The summed E-state index contributed by atoms with van der Waals surface area (Å²) in [7, 11) is -3.38. The molecule has 0 bridgehead atoms. The van der Waals surface area contributed by atoms with Gasteiger partial charge in [0.1, 0.15) is 0 Å². The van der Waals surface area contributed by atoms with Gasteiger partial charge in [-0.25, -0.2) is 8.42 Å². The van der Waals surface area contributed by atoms with Gasteiger partial charge in [-0.2, -0.15) is 0 Å². The first-order chi connectivity index (χ1) is 9.77. The van der Waals surface area contributed by atoms with Gasteiger partial charge in [-0.1, -0.05) is 18.2 Å². The maximum absolute atomic E-state index is 12.1. The van der Waals surface area contributed by atoms with E-state index in [1.165, 1.54) is 24.3 Å². The average Bonchev–Trinajstić information content (AvgIpc) is 2.86. The number of rotatable bonds is 4. The molecule has 1 aromatic rings. The van der Waals surface area contributed by atoms with Crippen molar-refractivity contribution in [2.45, 2.75) is 17.4 Å². The van der Waals surface area contributed by atoms with Gasteiger partial charge in [0, 0.05) is 17.9 Å². The second-order valence-corrected chi connectivity index (χ2v) is 6.96. The van der Waals surface area contributed by atoms with Crippen molar-refractivity contribution in [3.05, 3.63) is 42.0 Å². The molecule has 112 valence electrons. The zero-order valence-electron chi connectivity index (χ0n) is 11.3. The Balaban J connectivity index is 2.09. The van der Waals surface area contributed by atoms with Crippen molar-refractivity contribution in [3.63, 3.8) is 0 Å². The lowest BCUT2D eigenvalue weighted by Crippen LogP contribution is -2.33. The van der Waals surface area contributed by atoms with E-state index in [0.717, 1.165) is 6.26 Å². The number of amides is 1. The zero-order chi connectivity index (χ0) is 15.6. The Bertz CT molecular complexity index is 708. The Labute approximate surface area is 122 Å². The number of carbonyl (C=O) groups is 2. The van der Waals surface area contributed by atoms with E-state index >= 15 is 0 Å². The lowest BCUT2D eigenvalue weighted by Gasteiger charge is -2.12. The van der Waals surface area contributed by atoms with Crippen LogP contribution < -0.4 is 5.32 Å². The fourth-order valence-electron chi connectivity index (χ4n) is 2.11. The molecular formula is C14H15NO5S. The number of carbonyl (C=O) groups excluding carboxylic acids is 1. The van der Waals surface area contributed by atoms with Crippen molar-refractivity contribution >= 4 is 21.7 Å². The highest BCUT2D eigenvalue weighted by molar-refractivity contribution is 7.90. The molecule has 1 aliphatic carbocycles. The Hall–Kier alpha value is -2.15. The molecule has 0 heterocycles. The van der Waals surface area contributed by atoms with E-state index in [-0.39, 0.29) is 16.5 Å². The van der Waals surface area contributed by atoms with Gasteiger partial charge >= 0.3 is 5.97 Å². The molecule has 7 heteroatoms. The molecule has 2 atom stereocenters. The molecular weight excluding hydrogens is 294 g/mol. The number of hydrogen-bond donors (Lipinski definition) is 2. The first kappa shape index (κ1) is 15.2. The van der Waals surface area contributed by atoms with Crippen LogP contribution >= 0.6 is 0 Å². The fourth-order valence-corrected chi connectivity index (χ4v) is 2.78. The van der Waals surface area contributed by atoms with Crippen LogP contribution in [-0.4, -0.2) is 37.7 Å². The fraction of sp³-hybridized carbons (Fsp3) is 0.286. The van der Waals surface area contributed by atoms with Crippen molar-refractivity contribution in [2.75, 3.05) is 6.26 Å². The average molecular weight is 309 g/mol. The van der Waals surface area contributed by atoms with E-state index < -0.39 is 27.6 Å². The van der Waals surface area contributed by atoms with Crippen LogP contribution in [0, 0.1) is 5.92 Å². The topological polar surface area (TPSA) is 101 Å². The number of hydrogen-bond acceptors (Lipinski definition) is 4. The van der Waals surface area contributed by atoms with Gasteiger partial charge < -0.3 is 10.4 Å². The van der Waals surface area contributed by atoms with Gasteiger partial charge in [0.25, 0.3) is 5.91 Å². The molecule has 2 N–H and O–H groups in total. The van der Waals surface area contributed by atoms with Gasteiger partial charge in [0.05, 0.1) is 10.8 Å². The number of carboxylic acid groups (broad SMARTS) is 1. The van der Waals surface area contributed by atoms with E-state index in [2.05, 4.69) is 5.32 Å². The molecule has 21 heavy (non-hydrogen) atoms. The molecule has 0 spiro atoms. The first-order valence-corrected chi connectivity index (χ1v) is 8.18. The largest absolute Gasteiger partial charge is 0.481 e. The third-order valence-corrected chi connectivity index (χ3v) is 4.35. The van der Waals surface area contributed by atoms with Crippen molar-refractivity contribution in [2.24, 2.45) is 5.92 Å². The van der Waals surface area contributed by atoms with Gasteiger partial charge in [0.2, 0.25) is 0 Å². The summed E-state index contributed by atoms with van der Waals surface area (Å²) < 4.78 is 22.9. The third kappa shape index (κ3) is 3.69. The molecule has 1 amide bonds. The minimum atomic E-state index is -3.38. The molecule has 0 radical (unpaired) electrons. The molecule has 6 nitrogen and oxygen atoms in total. The quantitative estimate of drug-likeness (QED) is 0.803. The molecule has 2 unspecified atom stereocenters. The third-order valence-electron chi connectivity index (χ3n) is 3.24. The van der Waals surface area contributed by atoms with Crippen LogP contribution in [0.2, 0.25) is 0 Å². The predicted octanol–water partition coefficient (Wildman–Crippen LogP) is 0.849. The molecule has 1 aromatic carbocycles. The Kier molecular flexibility index (Phi) is 4.13. The number of benzene rings is 1. The minimum absolute atomic E-state index is 0.0699. The van der Waals surface area contributed by atoms with Crippen molar-refractivity contribution in [1.82, 2.24) is 5.32 Å². The second-order valence-electron chi connectivity index (χ2n) is 4.95. The minimum Gasteiger partial charge on any atom is -0.481 e. The van der Waals surface area contributed by atoms with Crippen LogP contribution in [0.3, 0.4) is 0 Å². The number of nitrogens with one attached hydrogen (secondary N) is 1. The van der Waals surface area contributed by atoms with Crippen LogP contribution in [-0.2, 0) is 14.6 Å². The lowest BCUT2D eigenvalue weighted by molar-refractivity contribution is -0.140. The van der Waals surface area contributed by atoms with E-state index in [1.807, 2.05) is 0 Å². The van der Waals surface area contributed by atoms with E-state index in [1.54, 1.807) is 12.2 Å². The summed E-state index contributed by atoms with van der Waals surface area (Å²) in [5.41, 5.74) is 0.227. The molecule has 0 saturated heterocycles. The Morgan fingerprint density at radius 3 is 2.57 bits per heavy atom. The monoisotopic (exact) mass is 309 g/mol. The van der Waals surface area contributed by atoms with Gasteiger partial charge in [-0.05, 0) is 24.6 Å². The van der Waals surface area contributed by atoms with E-state index in [0.29, 0.717) is 6.42 Å². The molecule has 0 aliphatic heterocycles. The van der Waals surface area contributed by atoms with Gasteiger partial charge in [-0.15, -0.1) is 0 Å². The van der Waals surface area contributed by atoms with Crippen LogP contribution in [0.4, 0.5) is 0 Å². The molecule has 2 rings (SSSR count). The smallest absolute Gasteiger partial charge is 0.310 e. The summed E-state index contributed by atoms with van der Waals surface area (Å²) in [6.45, 7) is 0. The standard InChI is InChI=1S/C14H15NO5S/c1-21(19,20)12-4-2-3-9(8-12)13(16)15-11-6-5-10(7-11)14(17)18/h2-6,8,10-11H,7H2,1H3,(H,15,16)(H,17,18). The second kappa shape index (κ2) is 5.69. The summed E-state index contributed by atoms with van der Waals surface area (Å²) in [5, 5.41) is 11.6. The molecule has 0 aromatic heterocycles. The first-order valence-electron chi connectivity index (χ1n) is 6.29. The summed E-state index contributed by atoms with van der Waals surface area (Å²) in [4.78, 5) is 23.0. The molecule has 1 aliphatic rings. The molecule has 0 fully saturated rings. The predicted molar refractivity (Wildman–Crippen MR) is 75.7 cm³/mol. The SMILES string of the molecule is CS(=O)(=O)c1cccc(C(=O)NC2C=CC(C(=O)O)C2)c1. The van der Waals surface area contributed by atoms with Crippen molar-refractivity contribution < 1.29 is 23.1 Å². The summed E-state index contributed by atoms with van der Waals surface area (Å²) in [5.74, 6) is -1.96. The van der Waals surface area contributed by atoms with Crippen LogP contribution in [0.1, 0.15) is 16.8 Å². The van der Waals surface area contributed by atoms with Crippen LogP contribution in [0.5, 0.6) is 0 Å². The van der Waals surface area contributed by atoms with Crippen molar-refractivity contribution in [1.29, 1.82) is 0 Å². The maximum Gasteiger partial charge on any atom is 0.310 e. The van der Waals surface area contributed by atoms with E-state index in [9.17, 15) is 18.0 Å². The van der Waals surface area contributed by atoms with Gasteiger partial charge in [-0.3, -0.25) is 9.59 Å². The highest BCUT2D eigenvalue weighted by Crippen LogP contribution is 2.19. The number of carboxylic acids is 1. The number of aliphatic carboxylic acids is 1. The summed E-state index contributed by atoms with van der Waals surface area (Å²) in [6, 6.07) is 5.37. The molecule has 0 saturated carbocycles. The highest BCUT2D eigenvalue weighted by Gasteiger charge is 2.25. The highest BCUT2D eigenvalue weighted by atomic mass is 32.2. The van der Waals surface area contributed by atoms with E-state index in [4.69, 9.17) is 5.11 Å². The zero-order valence-corrected chi connectivity index (χ0v) is 12.1. The van der Waals surface area contributed by atoms with Crippen LogP contribution in [0.15, 0.2) is 41.3 Å². The summed E-state index contributed by atoms with van der Waals surface area (Å²) >= 11 is 0. The Morgan fingerprint density at radius 2 is 2.00 bits per heavy atom. The maximum atomic E-state index is 12.1. The normalized spacial score (nSPS) is 21.2. The Morgan fingerprint density at radius 1 is 1.29 bits per heavy atom.